The SMILES string of the molecule is CC(=O)OC(C#N)COc1cccc(C)c1. The molecule has 0 bridgehead atoms. The van der Waals surface area contributed by atoms with Crippen molar-refractivity contribution in [3.05, 3.63) is 29.8 Å². The number of hydrogen-bond acceptors (Lipinski definition) is 4. The summed E-state index contributed by atoms with van der Waals surface area (Å²) in [5.74, 6) is 0.173. The molecule has 0 radical (unpaired) electrons. The highest BCUT2D eigenvalue weighted by atomic mass is 16.6. The Hall–Kier alpha value is -2.02. The highest BCUT2D eigenvalue weighted by molar-refractivity contribution is 5.66. The molecule has 0 fully saturated rings. The fraction of sp³-hybridized carbons (Fsp3) is 0.333. The molecule has 1 aromatic rings. The van der Waals surface area contributed by atoms with E-state index in [-0.39, 0.29) is 6.61 Å². The Balaban J connectivity index is 2.50. The van der Waals surface area contributed by atoms with Crippen LogP contribution in [0.3, 0.4) is 0 Å². The molecular weight excluding hydrogens is 206 g/mol. The molecule has 0 aliphatic carbocycles. The number of benzene rings is 1. The second kappa shape index (κ2) is 5.76. The van der Waals surface area contributed by atoms with Gasteiger partial charge in [-0.05, 0) is 24.6 Å². The molecule has 84 valence electrons. The van der Waals surface area contributed by atoms with E-state index in [1.165, 1.54) is 6.92 Å². The van der Waals surface area contributed by atoms with E-state index in [1.54, 1.807) is 6.07 Å². The van der Waals surface area contributed by atoms with Crippen LogP contribution in [0, 0.1) is 18.3 Å². The molecule has 1 aromatic carbocycles. The van der Waals surface area contributed by atoms with Gasteiger partial charge >= 0.3 is 5.97 Å². The topological polar surface area (TPSA) is 59.3 Å². The van der Waals surface area contributed by atoms with Crippen LogP contribution in [0.2, 0.25) is 0 Å². The maximum absolute atomic E-state index is 10.6. The first-order chi connectivity index (χ1) is 7.61. The molecule has 0 N–H and O–H groups in total. The van der Waals surface area contributed by atoms with Crippen molar-refractivity contribution in [2.24, 2.45) is 0 Å². The van der Waals surface area contributed by atoms with Crippen molar-refractivity contribution >= 4 is 5.97 Å². The number of carbonyl (C=O) groups is 1. The summed E-state index contributed by atoms with van der Waals surface area (Å²) in [7, 11) is 0. The third-order valence-corrected chi connectivity index (χ3v) is 1.84. The van der Waals surface area contributed by atoms with Crippen LogP contribution in [0.4, 0.5) is 0 Å². The minimum Gasteiger partial charge on any atom is -0.489 e. The van der Waals surface area contributed by atoms with Crippen molar-refractivity contribution in [1.82, 2.24) is 0 Å². The fourth-order valence-electron chi connectivity index (χ4n) is 1.18. The Bertz CT molecular complexity index is 409. The van der Waals surface area contributed by atoms with Gasteiger partial charge in [-0.2, -0.15) is 5.26 Å². The molecule has 1 unspecified atom stereocenters. The summed E-state index contributed by atoms with van der Waals surface area (Å²) in [4.78, 5) is 10.6. The van der Waals surface area contributed by atoms with Gasteiger partial charge in [0.25, 0.3) is 0 Å². The van der Waals surface area contributed by atoms with Crippen LogP contribution in [-0.4, -0.2) is 18.7 Å². The number of carbonyl (C=O) groups excluding carboxylic acids is 1. The minimum atomic E-state index is -0.863. The van der Waals surface area contributed by atoms with E-state index in [2.05, 4.69) is 0 Å². The van der Waals surface area contributed by atoms with E-state index in [1.807, 2.05) is 31.2 Å². The number of aryl methyl sites for hydroxylation is 1. The summed E-state index contributed by atoms with van der Waals surface area (Å²) >= 11 is 0. The van der Waals surface area contributed by atoms with E-state index in [9.17, 15) is 4.79 Å². The van der Waals surface area contributed by atoms with Crippen LogP contribution in [0.15, 0.2) is 24.3 Å². The van der Waals surface area contributed by atoms with Gasteiger partial charge in [-0.1, -0.05) is 12.1 Å². The van der Waals surface area contributed by atoms with Crippen LogP contribution >= 0.6 is 0 Å². The zero-order valence-electron chi connectivity index (χ0n) is 9.27. The minimum absolute atomic E-state index is 0.0412. The van der Waals surface area contributed by atoms with Crippen molar-refractivity contribution in [2.75, 3.05) is 6.61 Å². The van der Waals surface area contributed by atoms with E-state index in [4.69, 9.17) is 14.7 Å². The van der Waals surface area contributed by atoms with Crippen molar-refractivity contribution in [1.29, 1.82) is 5.26 Å². The standard InChI is InChI=1S/C12H13NO3/c1-9-4-3-5-11(6-9)15-8-12(7-13)16-10(2)14/h3-6,12H,8H2,1-2H3. The lowest BCUT2D eigenvalue weighted by Gasteiger charge is -2.11. The van der Waals surface area contributed by atoms with Crippen LogP contribution in [0.25, 0.3) is 0 Å². The summed E-state index contributed by atoms with van der Waals surface area (Å²) in [6.07, 6.45) is -0.863. The Labute approximate surface area is 94.4 Å². The van der Waals surface area contributed by atoms with E-state index in [0.717, 1.165) is 5.56 Å². The first-order valence-electron chi connectivity index (χ1n) is 4.88. The molecule has 0 heterocycles. The highest BCUT2D eigenvalue weighted by Crippen LogP contribution is 2.12. The van der Waals surface area contributed by atoms with E-state index in [0.29, 0.717) is 5.75 Å². The van der Waals surface area contributed by atoms with Gasteiger partial charge in [0.2, 0.25) is 6.10 Å². The molecule has 0 saturated carbocycles. The number of hydrogen-bond donors (Lipinski definition) is 0. The number of nitrogens with zero attached hydrogens (tertiary/aromatic N) is 1. The smallest absolute Gasteiger partial charge is 0.304 e. The molecule has 16 heavy (non-hydrogen) atoms. The molecular formula is C12H13NO3. The van der Waals surface area contributed by atoms with Crippen LogP contribution in [0.1, 0.15) is 12.5 Å². The quantitative estimate of drug-likeness (QED) is 0.725. The zero-order valence-corrected chi connectivity index (χ0v) is 9.27. The van der Waals surface area contributed by atoms with Crippen LogP contribution in [-0.2, 0) is 9.53 Å². The Morgan fingerprint density at radius 2 is 2.31 bits per heavy atom. The molecule has 0 spiro atoms. The molecule has 0 amide bonds. The van der Waals surface area contributed by atoms with Crippen molar-refractivity contribution in [2.45, 2.75) is 20.0 Å². The Morgan fingerprint density at radius 3 is 2.88 bits per heavy atom. The van der Waals surface area contributed by atoms with Crippen molar-refractivity contribution < 1.29 is 14.3 Å². The van der Waals surface area contributed by atoms with Gasteiger partial charge in [0.1, 0.15) is 18.4 Å². The third kappa shape index (κ3) is 4.01. The second-order valence-electron chi connectivity index (χ2n) is 3.35. The number of nitriles is 1. The lowest BCUT2D eigenvalue weighted by atomic mass is 10.2. The Morgan fingerprint density at radius 1 is 1.56 bits per heavy atom. The van der Waals surface area contributed by atoms with Crippen LogP contribution in [0.5, 0.6) is 5.75 Å². The fourth-order valence-corrected chi connectivity index (χ4v) is 1.18. The predicted molar refractivity (Wildman–Crippen MR) is 57.8 cm³/mol. The van der Waals surface area contributed by atoms with Gasteiger partial charge in [0.15, 0.2) is 0 Å². The van der Waals surface area contributed by atoms with Crippen LogP contribution < -0.4 is 4.74 Å². The molecule has 0 saturated heterocycles. The number of rotatable bonds is 4. The van der Waals surface area contributed by atoms with E-state index < -0.39 is 12.1 Å². The predicted octanol–water partition coefficient (Wildman–Crippen LogP) is 1.83. The normalized spacial score (nSPS) is 11.3. The van der Waals surface area contributed by atoms with Crippen molar-refractivity contribution in [3.63, 3.8) is 0 Å². The lowest BCUT2D eigenvalue weighted by Crippen LogP contribution is -2.22. The molecule has 4 heteroatoms. The Kier molecular flexibility index (Phi) is 4.34. The maximum atomic E-state index is 10.6. The maximum Gasteiger partial charge on any atom is 0.304 e. The first kappa shape index (κ1) is 12.1. The average Bonchev–Trinajstić information content (AvgIpc) is 2.24. The van der Waals surface area contributed by atoms with E-state index >= 15 is 0 Å². The van der Waals surface area contributed by atoms with Crippen molar-refractivity contribution in [3.8, 4) is 11.8 Å². The molecule has 0 aliphatic rings. The molecule has 1 atom stereocenters. The summed E-state index contributed by atoms with van der Waals surface area (Å²) in [6, 6.07) is 9.29. The van der Waals surface area contributed by atoms with Gasteiger partial charge in [-0.15, -0.1) is 0 Å². The van der Waals surface area contributed by atoms with Gasteiger partial charge in [-0.25, -0.2) is 0 Å². The highest BCUT2D eigenvalue weighted by Gasteiger charge is 2.11. The lowest BCUT2D eigenvalue weighted by molar-refractivity contribution is -0.144. The van der Waals surface area contributed by atoms with Gasteiger partial charge in [0.05, 0.1) is 0 Å². The average molecular weight is 219 g/mol. The largest absolute Gasteiger partial charge is 0.489 e. The van der Waals surface area contributed by atoms with Gasteiger partial charge in [0, 0.05) is 6.92 Å². The zero-order chi connectivity index (χ0) is 12.0. The molecule has 1 rings (SSSR count). The summed E-state index contributed by atoms with van der Waals surface area (Å²) in [5.41, 5.74) is 1.07. The molecule has 4 nitrogen and oxygen atoms in total. The number of ether oxygens (including phenoxy) is 2. The van der Waals surface area contributed by atoms with Gasteiger partial charge in [-0.3, -0.25) is 4.79 Å². The summed E-state index contributed by atoms with van der Waals surface area (Å²) < 4.78 is 10.1. The first-order valence-corrected chi connectivity index (χ1v) is 4.88. The molecule has 0 aromatic heterocycles. The summed E-state index contributed by atoms with van der Waals surface area (Å²) in [5, 5.41) is 8.70. The number of esters is 1. The second-order valence-corrected chi connectivity index (χ2v) is 3.35. The summed E-state index contributed by atoms with van der Waals surface area (Å²) in [6.45, 7) is 3.25. The third-order valence-electron chi connectivity index (χ3n) is 1.84. The van der Waals surface area contributed by atoms with Gasteiger partial charge < -0.3 is 9.47 Å². The molecule has 0 aliphatic heterocycles. The monoisotopic (exact) mass is 219 g/mol.